The van der Waals surface area contributed by atoms with Crippen molar-refractivity contribution in [2.24, 2.45) is 0 Å². The topological polar surface area (TPSA) is 72.5 Å². The molecule has 0 heterocycles. The first-order valence-corrected chi connectivity index (χ1v) is 10.2. The van der Waals surface area contributed by atoms with Crippen LogP contribution in [-0.4, -0.2) is 35.0 Å². The van der Waals surface area contributed by atoms with Gasteiger partial charge in [-0.15, -0.1) is 0 Å². The summed E-state index contributed by atoms with van der Waals surface area (Å²) in [4.78, 5) is 25.7. The maximum atomic E-state index is 12.8. The van der Waals surface area contributed by atoms with Gasteiger partial charge in [0.05, 0.1) is 17.9 Å². The zero-order chi connectivity index (χ0) is 19.9. The molecule has 6 heteroatoms. The molecule has 28 heavy (non-hydrogen) atoms. The van der Waals surface area contributed by atoms with Gasteiger partial charge in [0.25, 0.3) is 5.91 Å². The van der Waals surface area contributed by atoms with Crippen molar-refractivity contribution in [2.45, 2.75) is 17.4 Å². The van der Waals surface area contributed by atoms with E-state index in [1.807, 2.05) is 48.5 Å². The summed E-state index contributed by atoms with van der Waals surface area (Å²) in [7, 11) is 0.00823. The van der Waals surface area contributed by atoms with E-state index in [1.54, 1.807) is 24.3 Å². The molecule has 0 fully saturated rings. The van der Waals surface area contributed by atoms with Gasteiger partial charge in [0.2, 0.25) is 0 Å². The summed E-state index contributed by atoms with van der Waals surface area (Å²) in [5.41, 5.74) is 0.483. The Hall–Kier alpha value is -2.99. The number of methoxy groups -OCH3 is 1. The summed E-state index contributed by atoms with van der Waals surface area (Å²) in [6, 6.07) is 21.1. The summed E-state index contributed by atoms with van der Waals surface area (Å²) in [6.07, 6.45) is 0.213. The lowest BCUT2D eigenvalue weighted by molar-refractivity contribution is -0.142. The van der Waals surface area contributed by atoms with Crippen LogP contribution in [0.3, 0.4) is 0 Å². The normalized spacial score (nSPS) is 12.9. The number of ether oxygens (including phenoxy) is 1. The van der Waals surface area contributed by atoms with Crippen LogP contribution in [0.1, 0.15) is 16.8 Å². The van der Waals surface area contributed by atoms with Crippen molar-refractivity contribution in [2.75, 3.05) is 12.9 Å². The molecule has 0 saturated carbocycles. The van der Waals surface area contributed by atoms with Gasteiger partial charge in [0.1, 0.15) is 6.04 Å². The molecule has 0 radical (unpaired) electrons. The lowest BCUT2D eigenvalue weighted by Crippen LogP contribution is -2.42. The van der Waals surface area contributed by atoms with Crippen molar-refractivity contribution >= 4 is 33.4 Å². The standard InChI is InChI=1S/C22H21NO4S/c1-27-22(25)20(14-15-28(26)17-10-3-2-4-11-17)23-21(24)19-13-7-9-16-8-5-6-12-18(16)19/h2-13,20H,14-15H2,1H3,(H,23,24)/t20-,28-/m0/s1. The largest absolute Gasteiger partial charge is 0.467 e. The molecular weight excluding hydrogens is 374 g/mol. The van der Waals surface area contributed by atoms with E-state index in [-0.39, 0.29) is 18.1 Å². The Morgan fingerprint density at radius 2 is 1.64 bits per heavy atom. The molecule has 0 aliphatic heterocycles. The van der Waals surface area contributed by atoms with Crippen LogP contribution in [0, 0.1) is 0 Å². The van der Waals surface area contributed by atoms with E-state index in [1.165, 1.54) is 7.11 Å². The molecule has 0 aliphatic carbocycles. The van der Waals surface area contributed by atoms with Crippen molar-refractivity contribution in [3.8, 4) is 0 Å². The van der Waals surface area contributed by atoms with Crippen molar-refractivity contribution in [3.63, 3.8) is 0 Å². The van der Waals surface area contributed by atoms with Gasteiger partial charge in [-0.25, -0.2) is 4.79 Å². The quantitative estimate of drug-likeness (QED) is 0.623. The molecule has 0 unspecified atom stereocenters. The van der Waals surface area contributed by atoms with E-state index >= 15 is 0 Å². The van der Waals surface area contributed by atoms with Gasteiger partial charge < -0.3 is 10.1 Å². The fourth-order valence-corrected chi connectivity index (χ4v) is 4.11. The van der Waals surface area contributed by atoms with Crippen LogP contribution < -0.4 is 5.32 Å². The number of benzene rings is 3. The fraction of sp³-hybridized carbons (Fsp3) is 0.182. The van der Waals surface area contributed by atoms with Gasteiger partial charge in [0.15, 0.2) is 0 Å². The molecule has 1 amide bonds. The second-order valence-corrected chi connectivity index (χ2v) is 7.80. The second kappa shape index (κ2) is 9.28. The predicted octanol–water partition coefficient (Wildman–Crippen LogP) is 3.31. The van der Waals surface area contributed by atoms with Crippen LogP contribution in [0.4, 0.5) is 0 Å². The van der Waals surface area contributed by atoms with Gasteiger partial charge in [-0.2, -0.15) is 0 Å². The lowest BCUT2D eigenvalue weighted by Gasteiger charge is -2.17. The van der Waals surface area contributed by atoms with Crippen molar-refractivity contribution in [3.05, 3.63) is 78.4 Å². The minimum absolute atomic E-state index is 0.213. The Kier molecular flexibility index (Phi) is 6.55. The Morgan fingerprint density at radius 1 is 0.964 bits per heavy atom. The van der Waals surface area contributed by atoms with E-state index in [4.69, 9.17) is 4.74 Å². The minimum Gasteiger partial charge on any atom is -0.467 e. The summed E-state index contributed by atoms with van der Waals surface area (Å²) in [5.74, 6) is -0.684. The van der Waals surface area contributed by atoms with Gasteiger partial charge >= 0.3 is 5.97 Å². The maximum absolute atomic E-state index is 12.8. The van der Waals surface area contributed by atoms with Crippen LogP contribution in [0.15, 0.2) is 77.7 Å². The van der Waals surface area contributed by atoms with E-state index in [0.29, 0.717) is 10.5 Å². The highest BCUT2D eigenvalue weighted by Crippen LogP contribution is 2.19. The first-order valence-electron chi connectivity index (χ1n) is 8.90. The molecule has 0 saturated heterocycles. The molecule has 5 nitrogen and oxygen atoms in total. The fourth-order valence-electron chi connectivity index (χ4n) is 2.97. The Morgan fingerprint density at radius 3 is 2.39 bits per heavy atom. The third-order valence-corrected chi connectivity index (χ3v) is 5.83. The number of hydrogen-bond acceptors (Lipinski definition) is 4. The van der Waals surface area contributed by atoms with Crippen LogP contribution in [0.5, 0.6) is 0 Å². The molecular formula is C22H21NO4S. The molecule has 3 aromatic rings. The highest BCUT2D eigenvalue weighted by Gasteiger charge is 2.23. The Bertz CT molecular complexity index is 998. The Balaban J connectivity index is 1.74. The van der Waals surface area contributed by atoms with Gasteiger partial charge in [-0.3, -0.25) is 9.00 Å². The van der Waals surface area contributed by atoms with E-state index < -0.39 is 22.8 Å². The highest BCUT2D eigenvalue weighted by atomic mass is 32.2. The molecule has 0 aromatic heterocycles. The maximum Gasteiger partial charge on any atom is 0.328 e. The van der Waals surface area contributed by atoms with Gasteiger partial charge in [-0.05, 0) is 35.4 Å². The van der Waals surface area contributed by atoms with Crippen LogP contribution in [0.2, 0.25) is 0 Å². The number of hydrogen-bond donors (Lipinski definition) is 1. The first kappa shape index (κ1) is 19.8. The average Bonchev–Trinajstić information content (AvgIpc) is 2.75. The van der Waals surface area contributed by atoms with Crippen molar-refractivity contribution in [1.82, 2.24) is 5.32 Å². The number of esters is 1. The molecule has 3 rings (SSSR count). The van der Waals surface area contributed by atoms with Crippen LogP contribution >= 0.6 is 0 Å². The second-order valence-electron chi connectivity index (χ2n) is 6.23. The monoisotopic (exact) mass is 395 g/mol. The van der Waals surface area contributed by atoms with Crippen LogP contribution in [-0.2, 0) is 20.3 Å². The summed E-state index contributed by atoms with van der Waals surface area (Å²) in [6.45, 7) is 0. The lowest BCUT2D eigenvalue weighted by atomic mass is 10.0. The van der Waals surface area contributed by atoms with E-state index in [2.05, 4.69) is 5.32 Å². The van der Waals surface area contributed by atoms with Gasteiger partial charge in [0, 0.05) is 16.2 Å². The molecule has 0 spiro atoms. The molecule has 0 aliphatic rings. The van der Waals surface area contributed by atoms with E-state index in [0.717, 1.165) is 10.8 Å². The van der Waals surface area contributed by atoms with E-state index in [9.17, 15) is 13.8 Å². The molecule has 144 valence electrons. The number of carbonyl (C=O) groups excluding carboxylic acids is 2. The Labute approximate surface area is 166 Å². The van der Waals surface area contributed by atoms with Gasteiger partial charge in [-0.1, -0.05) is 54.6 Å². The molecule has 0 bridgehead atoms. The molecule has 1 N–H and O–H groups in total. The SMILES string of the molecule is COC(=O)[C@H](CC[S@](=O)c1ccccc1)NC(=O)c1cccc2ccccc12. The average molecular weight is 395 g/mol. The third kappa shape index (κ3) is 4.64. The summed E-state index contributed by atoms with van der Waals surface area (Å²) < 4.78 is 17.3. The molecule has 2 atom stereocenters. The highest BCUT2D eigenvalue weighted by molar-refractivity contribution is 7.85. The smallest absolute Gasteiger partial charge is 0.328 e. The number of carbonyl (C=O) groups is 2. The summed E-state index contributed by atoms with van der Waals surface area (Å²) >= 11 is 0. The minimum atomic E-state index is -1.26. The molecule has 3 aromatic carbocycles. The summed E-state index contributed by atoms with van der Waals surface area (Å²) in [5, 5.41) is 4.48. The number of fused-ring (bicyclic) bond motifs is 1. The number of rotatable bonds is 7. The third-order valence-electron chi connectivity index (χ3n) is 4.42. The zero-order valence-electron chi connectivity index (χ0n) is 15.5. The predicted molar refractivity (Wildman–Crippen MR) is 110 cm³/mol. The first-order chi connectivity index (χ1) is 13.6. The van der Waals surface area contributed by atoms with Crippen molar-refractivity contribution < 1.29 is 18.5 Å². The van der Waals surface area contributed by atoms with Crippen molar-refractivity contribution in [1.29, 1.82) is 0 Å². The number of amides is 1. The number of nitrogens with one attached hydrogen (secondary N) is 1. The van der Waals surface area contributed by atoms with Crippen LogP contribution in [0.25, 0.3) is 10.8 Å². The zero-order valence-corrected chi connectivity index (χ0v) is 16.3.